The Hall–Kier alpha value is -3.29. The molecule has 9 heteroatoms. The number of hydrogen-bond acceptors (Lipinski definition) is 5. The van der Waals surface area contributed by atoms with E-state index in [-0.39, 0.29) is 27.6 Å². The molecule has 0 radical (unpaired) electrons. The number of benzene rings is 2. The van der Waals surface area contributed by atoms with Gasteiger partial charge in [-0.3, -0.25) is 4.79 Å². The van der Waals surface area contributed by atoms with Crippen molar-refractivity contribution in [3.63, 3.8) is 0 Å². The van der Waals surface area contributed by atoms with E-state index >= 15 is 0 Å². The first-order chi connectivity index (χ1) is 16.6. The molecule has 0 spiro atoms. The predicted octanol–water partition coefficient (Wildman–Crippen LogP) is 5.51. The first kappa shape index (κ1) is 26.3. The Labute approximate surface area is 214 Å². The van der Waals surface area contributed by atoms with Crippen LogP contribution in [0, 0.1) is 0 Å². The minimum absolute atomic E-state index is 0.0569. The molecule has 1 amide bonds. The van der Waals surface area contributed by atoms with Crippen molar-refractivity contribution in [1.82, 2.24) is 10.3 Å². The molecule has 1 unspecified atom stereocenters. The lowest BCUT2D eigenvalue weighted by Gasteiger charge is -2.28. The lowest BCUT2D eigenvalue weighted by Crippen LogP contribution is -2.42. The van der Waals surface area contributed by atoms with Crippen molar-refractivity contribution < 1.29 is 14.7 Å². The van der Waals surface area contributed by atoms with Gasteiger partial charge in [-0.05, 0) is 62.2 Å². The highest BCUT2D eigenvalue weighted by Crippen LogP contribution is 2.24. The molecule has 35 heavy (non-hydrogen) atoms. The molecule has 7 nitrogen and oxygen atoms in total. The number of halogens is 2. The fraction of sp³-hybridized carbons (Fsp3) is 0.269. The second-order valence-electron chi connectivity index (χ2n) is 8.76. The van der Waals surface area contributed by atoms with Crippen LogP contribution in [-0.2, 0) is 11.2 Å². The maximum Gasteiger partial charge on any atom is 0.326 e. The third kappa shape index (κ3) is 7.87. The van der Waals surface area contributed by atoms with Gasteiger partial charge in [-0.2, -0.15) is 0 Å². The van der Waals surface area contributed by atoms with Crippen molar-refractivity contribution in [1.29, 1.82) is 0 Å². The topological polar surface area (TPSA) is 103 Å². The molecule has 0 saturated carbocycles. The molecule has 0 aliphatic heterocycles. The maximum atomic E-state index is 12.6. The zero-order chi connectivity index (χ0) is 25.4. The van der Waals surface area contributed by atoms with Crippen LogP contribution in [0.3, 0.4) is 0 Å². The van der Waals surface area contributed by atoms with Gasteiger partial charge in [0.2, 0.25) is 0 Å². The Bertz CT molecular complexity index is 1130. The largest absolute Gasteiger partial charge is 0.480 e. The number of nitrogens with one attached hydrogen (secondary N) is 3. The van der Waals surface area contributed by atoms with Crippen LogP contribution >= 0.6 is 23.2 Å². The molecule has 1 atom stereocenters. The Morgan fingerprint density at radius 2 is 1.69 bits per heavy atom. The number of carboxylic acid groups (broad SMARTS) is 1. The Morgan fingerprint density at radius 3 is 2.29 bits per heavy atom. The molecular weight excluding hydrogens is 487 g/mol. The van der Waals surface area contributed by atoms with Crippen LogP contribution in [0.1, 0.15) is 36.2 Å². The average molecular weight is 515 g/mol. The number of carbonyl (C=O) groups excluding carboxylic acids is 1. The highest BCUT2D eigenvalue weighted by atomic mass is 35.5. The van der Waals surface area contributed by atoms with Gasteiger partial charge in [0.15, 0.2) is 0 Å². The van der Waals surface area contributed by atoms with Crippen molar-refractivity contribution in [2.45, 2.75) is 38.3 Å². The zero-order valence-electron chi connectivity index (χ0n) is 19.5. The summed E-state index contributed by atoms with van der Waals surface area (Å²) in [4.78, 5) is 28.7. The number of rotatable bonds is 11. The molecule has 3 rings (SSSR count). The quantitative estimate of drug-likeness (QED) is 0.269. The van der Waals surface area contributed by atoms with E-state index in [1.54, 1.807) is 12.3 Å². The number of amides is 1. The third-order valence-corrected chi connectivity index (χ3v) is 6.02. The summed E-state index contributed by atoms with van der Waals surface area (Å²) in [5, 5.41) is 19.3. The van der Waals surface area contributed by atoms with Crippen LogP contribution in [0.2, 0.25) is 10.0 Å². The second-order valence-corrected chi connectivity index (χ2v) is 9.58. The molecule has 0 fully saturated rings. The lowest BCUT2D eigenvalue weighted by molar-refractivity contribution is -0.139. The predicted molar refractivity (Wildman–Crippen MR) is 141 cm³/mol. The molecule has 0 bridgehead atoms. The van der Waals surface area contributed by atoms with E-state index in [9.17, 15) is 14.7 Å². The molecule has 4 N–H and O–H groups in total. The Balaban J connectivity index is 1.57. The van der Waals surface area contributed by atoms with Gasteiger partial charge in [-0.25, -0.2) is 9.78 Å². The van der Waals surface area contributed by atoms with Crippen molar-refractivity contribution in [2.75, 3.05) is 17.2 Å². The summed E-state index contributed by atoms with van der Waals surface area (Å²) in [5.41, 5.74) is 1.55. The molecule has 184 valence electrons. The highest BCUT2D eigenvalue weighted by molar-refractivity contribution is 6.39. The van der Waals surface area contributed by atoms with Crippen molar-refractivity contribution in [2.24, 2.45) is 0 Å². The van der Waals surface area contributed by atoms with Gasteiger partial charge in [-0.15, -0.1) is 0 Å². The van der Waals surface area contributed by atoms with Gasteiger partial charge in [0.05, 0.1) is 15.6 Å². The first-order valence-electron chi connectivity index (χ1n) is 11.1. The number of carboxylic acids is 1. The molecule has 0 aliphatic rings. The molecule has 2 aromatic carbocycles. The summed E-state index contributed by atoms with van der Waals surface area (Å²) in [6, 6.07) is 16.8. The minimum atomic E-state index is -1.15. The van der Waals surface area contributed by atoms with E-state index in [0.717, 1.165) is 30.0 Å². The molecule has 3 aromatic rings. The number of aromatic nitrogens is 1. The van der Waals surface area contributed by atoms with E-state index in [1.165, 1.54) is 12.1 Å². The summed E-state index contributed by atoms with van der Waals surface area (Å²) in [6.07, 6.45) is 2.71. The van der Waals surface area contributed by atoms with Crippen LogP contribution in [0.25, 0.3) is 0 Å². The van der Waals surface area contributed by atoms with Crippen LogP contribution in [0.5, 0.6) is 0 Å². The van der Waals surface area contributed by atoms with E-state index in [1.807, 2.05) is 42.5 Å². The summed E-state index contributed by atoms with van der Waals surface area (Å²) >= 11 is 12.1. The van der Waals surface area contributed by atoms with Crippen LogP contribution in [-0.4, -0.2) is 40.1 Å². The molecule has 1 aromatic heterocycles. The average Bonchev–Trinajstić information content (AvgIpc) is 2.80. The first-order valence-corrected chi connectivity index (χ1v) is 11.9. The standard InChI is InChI=1S/C26H28Cl2N4O3/c1-26(2,13-15-30-22-8-3-4-14-29-22)32-18-11-9-17(10-12-18)16-21(25(34)35)31-24(33)23-19(27)6-5-7-20(23)28/h3-12,14,21,32H,13,15-16H2,1-2H3,(H,29,30)(H,31,33)(H,34,35). The fourth-order valence-electron chi connectivity index (χ4n) is 3.53. The smallest absolute Gasteiger partial charge is 0.326 e. The van der Waals surface area contributed by atoms with Crippen LogP contribution in [0.4, 0.5) is 11.5 Å². The molecule has 0 saturated heterocycles. The van der Waals surface area contributed by atoms with E-state index in [0.29, 0.717) is 0 Å². The maximum absolute atomic E-state index is 12.6. The zero-order valence-corrected chi connectivity index (χ0v) is 21.0. The van der Waals surface area contributed by atoms with Gasteiger partial charge in [0.1, 0.15) is 11.9 Å². The monoisotopic (exact) mass is 514 g/mol. The minimum Gasteiger partial charge on any atom is -0.480 e. The van der Waals surface area contributed by atoms with Gasteiger partial charge in [0, 0.05) is 30.4 Å². The molecule has 0 aliphatic carbocycles. The van der Waals surface area contributed by atoms with E-state index in [2.05, 4.69) is 34.8 Å². The Kier molecular flexibility index (Phi) is 8.95. The SMILES string of the molecule is CC(C)(CCNc1ccccn1)Nc1ccc(CC(NC(=O)c2c(Cl)cccc2Cl)C(=O)O)cc1. The summed E-state index contributed by atoms with van der Waals surface area (Å²) < 4.78 is 0. The number of anilines is 2. The number of carbonyl (C=O) groups is 2. The number of pyridine rings is 1. The third-order valence-electron chi connectivity index (χ3n) is 5.39. The van der Waals surface area contributed by atoms with Crippen LogP contribution < -0.4 is 16.0 Å². The summed E-state index contributed by atoms with van der Waals surface area (Å²) in [6.45, 7) is 4.97. The van der Waals surface area contributed by atoms with Crippen molar-refractivity contribution >= 4 is 46.6 Å². The van der Waals surface area contributed by atoms with Crippen LogP contribution in [0.15, 0.2) is 66.9 Å². The van der Waals surface area contributed by atoms with Gasteiger partial charge in [-0.1, -0.05) is 47.5 Å². The normalized spacial score (nSPS) is 12.0. The highest BCUT2D eigenvalue weighted by Gasteiger charge is 2.24. The number of hydrogen-bond donors (Lipinski definition) is 4. The number of aliphatic carboxylic acids is 1. The van der Waals surface area contributed by atoms with Gasteiger partial charge >= 0.3 is 5.97 Å². The van der Waals surface area contributed by atoms with Crippen molar-refractivity contribution in [3.05, 3.63) is 88.0 Å². The molecule has 1 heterocycles. The fourth-order valence-corrected chi connectivity index (χ4v) is 4.10. The van der Waals surface area contributed by atoms with E-state index in [4.69, 9.17) is 23.2 Å². The van der Waals surface area contributed by atoms with Crippen molar-refractivity contribution in [3.8, 4) is 0 Å². The summed E-state index contributed by atoms with van der Waals surface area (Å²) in [5.74, 6) is -0.942. The lowest BCUT2D eigenvalue weighted by atomic mass is 9.99. The van der Waals surface area contributed by atoms with Gasteiger partial charge in [0.25, 0.3) is 5.91 Å². The van der Waals surface area contributed by atoms with Gasteiger partial charge < -0.3 is 21.1 Å². The summed E-state index contributed by atoms with van der Waals surface area (Å²) in [7, 11) is 0. The number of nitrogens with zero attached hydrogens (tertiary/aromatic N) is 1. The Morgan fingerprint density at radius 1 is 1.00 bits per heavy atom. The van der Waals surface area contributed by atoms with E-state index < -0.39 is 17.9 Å². The second kappa shape index (κ2) is 11.9. The molecular formula is C26H28Cl2N4O3.